The molecule has 13 heavy (non-hydrogen) atoms. The van der Waals surface area contributed by atoms with Crippen molar-refractivity contribution in [2.24, 2.45) is 0 Å². The standard InChI is InChI=1S/C7H4N2O2S.Li/c10-7(11)6-9-4-3-8-2-1-5(4)12-6;/h1-3H,(H,10,11);. The number of carbonyl (C=O) groups is 1. The molecule has 0 saturated carbocycles. The number of thiazole rings is 1. The molecule has 4 nitrogen and oxygen atoms in total. The van der Waals surface area contributed by atoms with Crippen LogP contribution in [0.15, 0.2) is 18.5 Å². The van der Waals surface area contributed by atoms with Crippen LogP contribution in [0.4, 0.5) is 0 Å². The summed E-state index contributed by atoms with van der Waals surface area (Å²) in [5.41, 5.74) is 0.639. The molecule has 61 valence electrons. The van der Waals surface area contributed by atoms with Crippen molar-refractivity contribution in [1.82, 2.24) is 9.97 Å². The first-order chi connectivity index (χ1) is 5.77. The van der Waals surface area contributed by atoms with Crippen LogP contribution in [0.1, 0.15) is 9.80 Å². The summed E-state index contributed by atoms with van der Waals surface area (Å²) in [6.45, 7) is 0. The molecule has 1 radical (unpaired) electrons. The van der Waals surface area contributed by atoms with Gasteiger partial charge in [-0.15, -0.1) is 11.3 Å². The summed E-state index contributed by atoms with van der Waals surface area (Å²) in [5.74, 6) is -0.990. The predicted octanol–water partition coefficient (Wildman–Crippen LogP) is 1.01. The maximum atomic E-state index is 10.5. The van der Waals surface area contributed by atoms with Crippen LogP contribution in [-0.2, 0) is 0 Å². The van der Waals surface area contributed by atoms with E-state index in [1.807, 2.05) is 0 Å². The van der Waals surface area contributed by atoms with Crippen LogP contribution in [0.3, 0.4) is 0 Å². The Morgan fingerprint density at radius 3 is 2.92 bits per heavy atom. The van der Waals surface area contributed by atoms with E-state index in [1.54, 1.807) is 18.5 Å². The molecule has 0 aliphatic carbocycles. The maximum Gasteiger partial charge on any atom is 0.365 e. The van der Waals surface area contributed by atoms with Gasteiger partial charge in [-0.3, -0.25) is 4.98 Å². The minimum Gasteiger partial charge on any atom is -0.476 e. The first-order valence-corrected chi connectivity index (χ1v) is 4.03. The topological polar surface area (TPSA) is 63.1 Å². The van der Waals surface area contributed by atoms with Gasteiger partial charge in [0.15, 0.2) is 0 Å². The number of fused-ring (bicyclic) bond motifs is 1. The van der Waals surface area contributed by atoms with Gasteiger partial charge in [0.2, 0.25) is 5.01 Å². The quantitative estimate of drug-likeness (QED) is 0.676. The van der Waals surface area contributed by atoms with Crippen molar-refractivity contribution in [3.63, 3.8) is 0 Å². The van der Waals surface area contributed by atoms with Gasteiger partial charge in [-0.1, -0.05) is 0 Å². The zero-order valence-corrected chi connectivity index (χ0v) is 7.71. The molecule has 6 heteroatoms. The third-order valence-electron chi connectivity index (χ3n) is 1.37. The van der Waals surface area contributed by atoms with E-state index in [2.05, 4.69) is 9.97 Å². The molecule has 0 fully saturated rings. The minimum absolute atomic E-state index is 0. The van der Waals surface area contributed by atoms with Gasteiger partial charge in [0.1, 0.15) is 5.52 Å². The Kier molecular flexibility index (Phi) is 3.04. The maximum absolute atomic E-state index is 10.5. The van der Waals surface area contributed by atoms with Crippen molar-refractivity contribution in [3.8, 4) is 0 Å². The number of carboxylic acid groups (broad SMARTS) is 1. The number of hydrogen-bond donors (Lipinski definition) is 1. The molecular weight excluding hydrogens is 183 g/mol. The van der Waals surface area contributed by atoms with Crippen LogP contribution >= 0.6 is 11.3 Å². The van der Waals surface area contributed by atoms with Crippen molar-refractivity contribution in [3.05, 3.63) is 23.5 Å². The van der Waals surface area contributed by atoms with Gasteiger partial charge in [-0.05, 0) is 6.07 Å². The van der Waals surface area contributed by atoms with Gasteiger partial charge in [-0.2, -0.15) is 0 Å². The first-order valence-electron chi connectivity index (χ1n) is 3.21. The van der Waals surface area contributed by atoms with Crippen molar-refractivity contribution >= 4 is 46.4 Å². The van der Waals surface area contributed by atoms with E-state index in [1.165, 1.54) is 0 Å². The first kappa shape index (κ1) is 10.2. The zero-order chi connectivity index (χ0) is 8.55. The molecule has 1 N–H and O–H groups in total. The molecule has 0 bridgehead atoms. The van der Waals surface area contributed by atoms with Crippen LogP contribution in [0.2, 0.25) is 0 Å². The molecule has 0 aromatic carbocycles. The van der Waals surface area contributed by atoms with Crippen LogP contribution in [0.25, 0.3) is 10.2 Å². The Labute approximate surface area is 89.8 Å². The minimum atomic E-state index is -0.990. The average Bonchev–Trinajstić information content (AvgIpc) is 2.46. The smallest absolute Gasteiger partial charge is 0.365 e. The Morgan fingerprint density at radius 2 is 2.31 bits per heavy atom. The zero-order valence-electron chi connectivity index (χ0n) is 6.89. The van der Waals surface area contributed by atoms with Gasteiger partial charge < -0.3 is 5.11 Å². The van der Waals surface area contributed by atoms with Crippen LogP contribution in [-0.4, -0.2) is 39.9 Å². The number of aromatic carboxylic acids is 1. The van der Waals surface area contributed by atoms with E-state index in [-0.39, 0.29) is 23.9 Å². The largest absolute Gasteiger partial charge is 0.476 e. The normalized spacial score (nSPS) is 9.54. The third kappa shape index (κ3) is 1.89. The fourth-order valence-corrected chi connectivity index (χ4v) is 1.64. The molecule has 0 atom stereocenters. The number of nitrogens with zero attached hydrogens (tertiary/aromatic N) is 2. The molecule has 2 rings (SSSR count). The monoisotopic (exact) mass is 187 g/mol. The van der Waals surface area contributed by atoms with E-state index >= 15 is 0 Å². The Morgan fingerprint density at radius 1 is 1.54 bits per heavy atom. The molecule has 0 amide bonds. The van der Waals surface area contributed by atoms with Crippen molar-refractivity contribution in [1.29, 1.82) is 0 Å². The molecule has 0 saturated heterocycles. The summed E-state index contributed by atoms with van der Waals surface area (Å²) in [4.78, 5) is 18.2. The molecule has 2 aromatic rings. The molecule has 0 spiro atoms. The number of hydrogen-bond acceptors (Lipinski definition) is 4. The molecule has 2 aromatic heterocycles. The van der Waals surface area contributed by atoms with Crippen LogP contribution in [0, 0.1) is 0 Å². The summed E-state index contributed by atoms with van der Waals surface area (Å²) >= 11 is 1.15. The van der Waals surface area contributed by atoms with Gasteiger partial charge in [0.05, 0.1) is 10.9 Å². The molecule has 0 unspecified atom stereocenters. The van der Waals surface area contributed by atoms with E-state index in [0.717, 1.165) is 16.0 Å². The van der Waals surface area contributed by atoms with Crippen LogP contribution in [0.5, 0.6) is 0 Å². The second kappa shape index (κ2) is 3.88. The summed E-state index contributed by atoms with van der Waals surface area (Å²) in [6.07, 6.45) is 3.17. The van der Waals surface area contributed by atoms with Gasteiger partial charge >= 0.3 is 5.97 Å². The van der Waals surface area contributed by atoms with Crippen molar-refractivity contribution in [2.75, 3.05) is 0 Å². The average molecular weight is 187 g/mol. The number of pyridine rings is 1. The van der Waals surface area contributed by atoms with Gasteiger partial charge in [0.25, 0.3) is 0 Å². The van der Waals surface area contributed by atoms with E-state index in [4.69, 9.17) is 5.11 Å². The Balaban J connectivity index is 0.000000845. The second-order valence-corrected chi connectivity index (χ2v) is 3.20. The SMILES string of the molecule is O=C(O)c1nc2cnccc2s1.[Li]. The van der Waals surface area contributed by atoms with Crippen molar-refractivity contribution in [2.45, 2.75) is 0 Å². The molecule has 0 aliphatic rings. The van der Waals surface area contributed by atoms with Crippen molar-refractivity contribution < 1.29 is 9.90 Å². The summed E-state index contributed by atoms with van der Waals surface area (Å²) < 4.78 is 0.849. The van der Waals surface area contributed by atoms with E-state index < -0.39 is 5.97 Å². The summed E-state index contributed by atoms with van der Waals surface area (Å²) in [6, 6.07) is 1.75. The molecule has 0 aliphatic heterocycles. The van der Waals surface area contributed by atoms with Gasteiger partial charge in [-0.25, -0.2) is 9.78 Å². The number of rotatable bonds is 1. The summed E-state index contributed by atoms with van der Waals surface area (Å²) in [7, 11) is 0. The van der Waals surface area contributed by atoms with E-state index in [0.29, 0.717) is 5.52 Å². The summed E-state index contributed by atoms with van der Waals surface area (Å²) in [5, 5.41) is 8.72. The fourth-order valence-electron chi connectivity index (χ4n) is 0.871. The van der Waals surface area contributed by atoms with Gasteiger partial charge in [0, 0.05) is 25.1 Å². The Bertz CT molecular complexity index is 410. The van der Waals surface area contributed by atoms with Crippen LogP contribution < -0.4 is 0 Å². The fraction of sp³-hybridized carbons (Fsp3) is 0. The molecule has 2 heterocycles. The number of aromatic nitrogens is 2. The number of carboxylic acids is 1. The second-order valence-electron chi connectivity index (χ2n) is 2.17. The molecular formula is C7H4LiN2O2S. The Hall–Kier alpha value is -0.893. The third-order valence-corrected chi connectivity index (χ3v) is 2.40. The predicted molar refractivity (Wildman–Crippen MR) is 50.1 cm³/mol. The van der Waals surface area contributed by atoms with E-state index in [9.17, 15) is 4.79 Å².